The highest BCUT2D eigenvalue weighted by Crippen LogP contribution is 2.21. The van der Waals surface area contributed by atoms with Gasteiger partial charge in [0.1, 0.15) is 0 Å². The van der Waals surface area contributed by atoms with E-state index in [1.54, 1.807) is 12.1 Å². The van der Waals surface area contributed by atoms with Crippen molar-refractivity contribution in [1.82, 2.24) is 0 Å². The molecular formula is C7H6O2S2. The Hall–Kier alpha value is -0.610. The standard InChI is InChI=1S/C7H6O2S2/c8-7(9)4-2-1-3-5(10)6(4)11/h1-3,10-11H,(H,8,9). The third kappa shape index (κ3) is 1.70. The van der Waals surface area contributed by atoms with Gasteiger partial charge in [0.05, 0.1) is 5.56 Å². The molecule has 1 aromatic rings. The summed E-state index contributed by atoms with van der Waals surface area (Å²) < 4.78 is 0. The monoisotopic (exact) mass is 186 g/mol. The van der Waals surface area contributed by atoms with Gasteiger partial charge in [0.25, 0.3) is 0 Å². The SMILES string of the molecule is O=C(O)c1cccc(S)c1S. The van der Waals surface area contributed by atoms with Crippen molar-refractivity contribution in [2.75, 3.05) is 0 Å². The Kier molecular flexibility index (Phi) is 2.46. The number of rotatable bonds is 1. The predicted molar refractivity (Wildman–Crippen MR) is 47.9 cm³/mol. The van der Waals surface area contributed by atoms with E-state index in [-0.39, 0.29) is 5.56 Å². The Morgan fingerprint density at radius 1 is 1.36 bits per heavy atom. The summed E-state index contributed by atoms with van der Waals surface area (Å²) in [6, 6.07) is 4.81. The molecule has 0 unspecified atom stereocenters. The third-order valence-electron chi connectivity index (χ3n) is 1.25. The summed E-state index contributed by atoms with van der Waals surface area (Å²) in [7, 11) is 0. The molecule has 0 spiro atoms. The van der Waals surface area contributed by atoms with Gasteiger partial charge in [0, 0.05) is 9.79 Å². The summed E-state index contributed by atoms with van der Waals surface area (Å²) in [5.41, 5.74) is 0.181. The molecule has 0 aliphatic rings. The van der Waals surface area contributed by atoms with Crippen molar-refractivity contribution in [3.8, 4) is 0 Å². The first kappa shape index (κ1) is 8.49. The van der Waals surface area contributed by atoms with Crippen LogP contribution in [0.4, 0.5) is 0 Å². The summed E-state index contributed by atoms with van der Waals surface area (Å²) in [5.74, 6) is -0.981. The number of thiol groups is 2. The molecule has 0 saturated heterocycles. The second kappa shape index (κ2) is 3.19. The molecule has 0 radical (unpaired) electrons. The fourth-order valence-corrected chi connectivity index (χ4v) is 1.16. The number of carbonyl (C=O) groups is 1. The molecule has 2 nitrogen and oxygen atoms in total. The van der Waals surface area contributed by atoms with Crippen molar-refractivity contribution in [2.45, 2.75) is 9.79 Å². The van der Waals surface area contributed by atoms with Gasteiger partial charge in [0.2, 0.25) is 0 Å². The Morgan fingerprint density at radius 3 is 2.45 bits per heavy atom. The highest BCUT2D eigenvalue weighted by atomic mass is 32.1. The molecule has 0 amide bonds. The molecule has 0 fully saturated rings. The minimum absolute atomic E-state index is 0.181. The summed E-state index contributed by atoms with van der Waals surface area (Å²) >= 11 is 8.02. The molecule has 0 atom stereocenters. The lowest BCUT2D eigenvalue weighted by Crippen LogP contribution is -1.97. The Morgan fingerprint density at radius 2 is 2.00 bits per heavy atom. The second-order valence-corrected chi connectivity index (χ2v) is 2.91. The molecule has 0 aromatic heterocycles. The molecule has 0 aliphatic carbocycles. The zero-order chi connectivity index (χ0) is 8.43. The minimum atomic E-state index is -0.981. The molecule has 11 heavy (non-hydrogen) atoms. The molecule has 1 N–H and O–H groups in total. The van der Waals surface area contributed by atoms with Crippen molar-refractivity contribution in [1.29, 1.82) is 0 Å². The molecule has 0 saturated carbocycles. The van der Waals surface area contributed by atoms with Crippen molar-refractivity contribution in [3.05, 3.63) is 23.8 Å². The van der Waals surface area contributed by atoms with Gasteiger partial charge < -0.3 is 5.11 Å². The maximum absolute atomic E-state index is 10.5. The zero-order valence-corrected chi connectivity index (χ0v) is 7.27. The van der Waals surface area contributed by atoms with Gasteiger partial charge in [-0.05, 0) is 12.1 Å². The largest absolute Gasteiger partial charge is 0.478 e. The van der Waals surface area contributed by atoms with E-state index >= 15 is 0 Å². The molecule has 1 rings (SSSR count). The molecule has 4 heteroatoms. The highest BCUT2D eigenvalue weighted by Gasteiger charge is 2.07. The average Bonchev–Trinajstić information content (AvgIpc) is 1.94. The lowest BCUT2D eigenvalue weighted by molar-refractivity contribution is 0.0692. The molecule has 58 valence electrons. The fourth-order valence-electron chi connectivity index (χ4n) is 0.704. The normalized spacial score (nSPS) is 9.64. The number of carboxylic acids is 1. The number of benzene rings is 1. The van der Waals surface area contributed by atoms with E-state index in [9.17, 15) is 4.79 Å². The van der Waals surface area contributed by atoms with Crippen LogP contribution in [0.5, 0.6) is 0 Å². The lowest BCUT2D eigenvalue weighted by Gasteiger charge is -2.00. The van der Waals surface area contributed by atoms with Crippen LogP contribution < -0.4 is 0 Å². The van der Waals surface area contributed by atoms with Gasteiger partial charge in [-0.15, -0.1) is 25.3 Å². The quantitative estimate of drug-likeness (QED) is 0.586. The maximum atomic E-state index is 10.5. The molecule has 0 bridgehead atoms. The smallest absolute Gasteiger partial charge is 0.336 e. The van der Waals surface area contributed by atoms with Crippen LogP contribution in [0, 0.1) is 0 Å². The van der Waals surface area contributed by atoms with Crippen LogP contribution in [0.25, 0.3) is 0 Å². The zero-order valence-electron chi connectivity index (χ0n) is 5.48. The van der Waals surface area contributed by atoms with E-state index in [2.05, 4.69) is 25.3 Å². The van der Waals surface area contributed by atoms with Gasteiger partial charge in [-0.1, -0.05) is 6.07 Å². The van der Waals surface area contributed by atoms with E-state index in [4.69, 9.17) is 5.11 Å². The van der Waals surface area contributed by atoms with Crippen LogP contribution in [0.1, 0.15) is 10.4 Å². The van der Waals surface area contributed by atoms with Crippen LogP contribution in [-0.4, -0.2) is 11.1 Å². The van der Waals surface area contributed by atoms with Crippen LogP contribution >= 0.6 is 25.3 Å². The Balaban J connectivity index is 3.27. The van der Waals surface area contributed by atoms with Gasteiger partial charge in [0.15, 0.2) is 0 Å². The lowest BCUT2D eigenvalue weighted by atomic mass is 10.2. The second-order valence-electron chi connectivity index (χ2n) is 1.98. The number of hydrogen-bond acceptors (Lipinski definition) is 3. The average molecular weight is 186 g/mol. The van der Waals surface area contributed by atoms with Crippen LogP contribution in [0.15, 0.2) is 28.0 Å². The van der Waals surface area contributed by atoms with Crippen LogP contribution in [0.3, 0.4) is 0 Å². The van der Waals surface area contributed by atoms with Crippen molar-refractivity contribution in [2.24, 2.45) is 0 Å². The molecular weight excluding hydrogens is 180 g/mol. The first-order valence-electron chi connectivity index (χ1n) is 2.87. The fraction of sp³-hybridized carbons (Fsp3) is 0. The molecule has 0 heterocycles. The van der Waals surface area contributed by atoms with Crippen molar-refractivity contribution >= 4 is 31.2 Å². The van der Waals surface area contributed by atoms with E-state index in [1.807, 2.05) is 0 Å². The summed E-state index contributed by atoms with van der Waals surface area (Å²) in [6.07, 6.45) is 0. The summed E-state index contributed by atoms with van der Waals surface area (Å²) in [6.45, 7) is 0. The van der Waals surface area contributed by atoms with Gasteiger partial charge >= 0.3 is 5.97 Å². The van der Waals surface area contributed by atoms with Crippen LogP contribution in [0.2, 0.25) is 0 Å². The Bertz CT molecular complexity index is 296. The van der Waals surface area contributed by atoms with Gasteiger partial charge in [-0.25, -0.2) is 4.79 Å². The third-order valence-corrected chi connectivity index (χ3v) is 2.28. The van der Waals surface area contributed by atoms with Crippen molar-refractivity contribution < 1.29 is 9.90 Å². The minimum Gasteiger partial charge on any atom is -0.478 e. The number of aromatic carboxylic acids is 1. The first-order valence-corrected chi connectivity index (χ1v) is 3.76. The first-order chi connectivity index (χ1) is 5.13. The number of carboxylic acid groups (broad SMARTS) is 1. The maximum Gasteiger partial charge on any atom is 0.336 e. The van der Waals surface area contributed by atoms with E-state index in [0.717, 1.165) is 0 Å². The Labute approximate surface area is 75.1 Å². The summed E-state index contributed by atoms with van der Waals surface area (Å²) in [5, 5.41) is 8.61. The highest BCUT2D eigenvalue weighted by molar-refractivity contribution is 7.83. The van der Waals surface area contributed by atoms with E-state index < -0.39 is 5.97 Å². The van der Waals surface area contributed by atoms with E-state index in [1.165, 1.54) is 6.07 Å². The van der Waals surface area contributed by atoms with E-state index in [0.29, 0.717) is 9.79 Å². The number of hydrogen-bond donors (Lipinski definition) is 3. The van der Waals surface area contributed by atoms with Crippen LogP contribution in [-0.2, 0) is 0 Å². The molecule has 0 aliphatic heterocycles. The summed E-state index contributed by atoms with van der Waals surface area (Å²) in [4.78, 5) is 11.5. The van der Waals surface area contributed by atoms with Crippen molar-refractivity contribution in [3.63, 3.8) is 0 Å². The van der Waals surface area contributed by atoms with Gasteiger partial charge in [-0.3, -0.25) is 0 Å². The van der Waals surface area contributed by atoms with Gasteiger partial charge in [-0.2, -0.15) is 0 Å². The topological polar surface area (TPSA) is 37.3 Å². The predicted octanol–water partition coefficient (Wildman–Crippen LogP) is 1.96. The molecule has 1 aromatic carbocycles.